The highest BCUT2D eigenvalue weighted by molar-refractivity contribution is 9.10. The Hall–Kier alpha value is -1.42. The smallest absolute Gasteiger partial charge is 0.139 e. The Kier molecular flexibility index (Phi) is 4.76. The fourth-order valence-electron chi connectivity index (χ4n) is 2.30. The number of hydrogen-bond acceptors (Lipinski definition) is 2. The molecule has 3 nitrogen and oxygen atoms in total. The van der Waals surface area contributed by atoms with E-state index in [0.717, 1.165) is 22.3 Å². The van der Waals surface area contributed by atoms with E-state index in [9.17, 15) is 4.79 Å². The van der Waals surface area contributed by atoms with Crippen molar-refractivity contribution in [2.75, 3.05) is 0 Å². The van der Waals surface area contributed by atoms with E-state index >= 15 is 0 Å². The summed E-state index contributed by atoms with van der Waals surface area (Å²) in [5.41, 5.74) is 4.34. The average Bonchev–Trinajstić information content (AvgIpc) is 2.63. The zero-order chi connectivity index (χ0) is 14.7. The maximum absolute atomic E-state index is 12.1. The Labute approximate surface area is 128 Å². The summed E-state index contributed by atoms with van der Waals surface area (Å²) in [6.45, 7) is 4.01. The summed E-state index contributed by atoms with van der Waals surface area (Å²) >= 11 is 3.50. The molecule has 0 saturated heterocycles. The number of aryl methyl sites for hydroxylation is 4. The molecule has 0 amide bonds. The molecule has 0 bridgehead atoms. The van der Waals surface area contributed by atoms with Crippen molar-refractivity contribution < 1.29 is 4.79 Å². The SMILES string of the molecule is Cc1cccc(CCC(=O)Cc2c(Br)c(C)nn2C)c1. The molecular weight excluding hydrogens is 316 g/mol. The van der Waals surface area contributed by atoms with Crippen molar-refractivity contribution in [3.05, 3.63) is 51.3 Å². The van der Waals surface area contributed by atoms with Crippen LogP contribution in [0.25, 0.3) is 0 Å². The maximum Gasteiger partial charge on any atom is 0.139 e. The number of hydrogen-bond donors (Lipinski definition) is 0. The number of aromatic nitrogens is 2. The van der Waals surface area contributed by atoms with E-state index in [-0.39, 0.29) is 5.78 Å². The van der Waals surface area contributed by atoms with E-state index in [1.54, 1.807) is 4.68 Å². The Morgan fingerprint density at radius 2 is 2.10 bits per heavy atom. The van der Waals surface area contributed by atoms with E-state index in [4.69, 9.17) is 0 Å². The predicted molar refractivity (Wildman–Crippen MR) is 83.9 cm³/mol. The lowest BCUT2D eigenvalue weighted by Crippen LogP contribution is -2.09. The zero-order valence-corrected chi connectivity index (χ0v) is 13.7. The van der Waals surface area contributed by atoms with Gasteiger partial charge in [0.05, 0.1) is 15.9 Å². The van der Waals surface area contributed by atoms with Crippen molar-refractivity contribution in [1.82, 2.24) is 9.78 Å². The third-order valence-electron chi connectivity index (χ3n) is 3.40. The van der Waals surface area contributed by atoms with E-state index in [1.807, 2.05) is 20.0 Å². The van der Waals surface area contributed by atoms with Crippen LogP contribution in [0.1, 0.15) is 28.9 Å². The minimum atomic E-state index is 0.246. The summed E-state index contributed by atoms with van der Waals surface area (Å²) in [7, 11) is 1.88. The van der Waals surface area contributed by atoms with Crippen molar-refractivity contribution in [3.8, 4) is 0 Å². The van der Waals surface area contributed by atoms with Crippen molar-refractivity contribution in [3.63, 3.8) is 0 Å². The van der Waals surface area contributed by atoms with Crippen LogP contribution in [0.4, 0.5) is 0 Å². The van der Waals surface area contributed by atoms with Crippen LogP contribution in [0, 0.1) is 13.8 Å². The summed E-state index contributed by atoms with van der Waals surface area (Å²) in [6.07, 6.45) is 1.80. The number of carbonyl (C=O) groups excluding carboxylic acids is 1. The second kappa shape index (κ2) is 6.35. The van der Waals surface area contributed by atoms with Crippen LogP contribution < -0.4 is 0 Å². The molecule has 0 saturated carbocycles. The van der Waals surface area contributed by atoms with Gasteiger partial charge in [-0.1, -0.05) is 29.8 Å². The molecule has 1 heterocycles. The fraction of sp³-hybridized carbons (Fsp3) is 0.375. The number of rotatable bonds is 5. The average molecular weight is 335 g/mol. The Morgan fingerprint density at radius 3 is 2.70 bits per heavy atom. The van der Waals surface area contributed by atoms with Crippen LogP contribution in [-0.2, 0) is 24.7 Å². The quantitative estimate of drug-likeness (QED) is 0.838. The van der Waals surface area contributed by atoms with Gasteiger partial charge in [-0.2, -0.15) is 5.10 Å². The molecule has 1 aromatic carbocycles. The number of nitrogens with zero attached hydrogens (tertiary/aromatic N) is 2. The summed E-state index contributed by atoms with van der Waals surface area (Å²) in [4.78, 5) is 12.1. The first-order valence-corrected chi connectivity index (χ1v) is 7.52. The molecule has 0 fully saturated rings. The van der Waals surface area contributed by atoms with Gasteiger partial charge in [0, 0.05) is 19.9 Å². The van der Waals surface area contributed by atoms with Gasteiger partial charge < -0.3 is 0 Å². The van der Waals surface area contributed by atoms with Gasteiger partial charge in [0.1, 0.15) is 5.78 Å². The second-order valence-corrected chi connectivity index (χ2v) is 5.97. The molecule has 1 aromatic heterocycles. The normalized spacial score (nSPS) is 10.8. The first-order valence-electron chi connectivity index (χ1n) is 6.72. The summed E-state index contributed by atoms with van der Waals surface area (Å²) < 4.78 is 2.73. The topological polar surface area (TPSA) is 34.9 Å². The second-order valence-electron chi connectivity index (χ2n) is 5.17. The molecule has 2 rings (SSSR count). The lowest BCUT2D eigenvalue weighted by atomic mass is 10.0. The first kappa shape index (κ1) is 15.0. The maximum atomic E-state index is 12.1. The van der Waals surface area contributed by atoms with E-state index in [0.29, 0.717) is 12.8 Å². The van der Waals surface area contributed by atoms with Crippen LogP contribution in [0.2, 0.25) is 0 Å². The highest BCUT2D eigenvalue weighted by Gasteiger charge is 2.14. The largest absolute Gasteiger partial charge is 0.299 e. The minimum absolute atomic E-state index is 0.246. The number of halogens is 1. The van der Waals surface area contributed by atoms with Gasteiger partial charge in [0.2, 0.25) is 0 Å². The van der Waals surface area contributed by atoms with Crippen LogP contribution in [0.5, 0.6) is 0 Å². The molecule has 0 aliphatic rings. The molecule has 4 heteroatoms. The lowest BCUT2D eigenvalue weighted by molar-refractivity contribution is -0.118. The third kappa shape index (κ3) is 3.57. The molecule has 0 spiro atoms. The fourth-order valence-corrected chi connectivity index (χ4v) is 2.77. The lowest BCUT2D eigenvalue weighted by Gasteiger charge is -2.04. The van der Waals surface area contributed by atoms with Gasteiger partial charge in [0.15, 0.2) is 0 Å². The van der Waals surface area contributed by atoms with E-state index < -0.39 is 0 Å². The summed E-state index contributed by atoms with van der Waals surface area (Å²) in [5, 5.41) is 4.31. The van der Waals surface area contributed by atoms with Crippen LogP contribution in [-0.4, -0.2) is 15.6 Å². The molecule has 0 N–H and O–H groups in total. The Bertz CT molecular complexity index is 631. The Balaban J connectivity index is 1.96. The Morgan fingerprint density at radius 1 is 1.35 bits per heavy atom. The molecule has 0 atom stereocenters. The molecule has 0 unspecified atom stereocenters. The minimum Gasteiger partial charge on any atom is -0.299 e. The van der Waals surface area contributed by atoms with Crippen molar-refractivity contribution in [2.45, 2.75) is 33.1 Å². The van der Waals surface area contributed by atoms with E-state index in [1.165, 1.54) is 11.1 Å². The number of ketones is 1. The first-order chi connectivity index (χ1) is 9.47. The van der Waals surface area contributed by atoms with Crippen LogP contribution >= 0.6 is 15.9 Å². The number of benzene rings is 1. The monoisotopic (exact) mass is 334 g/mol. The predicted octanol–water partition coefficient (Wildman–Crippen LogP) is 3.54. The van der Waals surface area contributed by atoms with Crippen molar-refractivity contribution >= 4 is 21.7 Å². The molecule has 2 aromatic rings. The van der Waals surface area contributed by atoms with Crippen molar-refractivity contribution in [1.29, 1.82) is 0 Å². The number of carbonyl (C=O) groups is 1. The van der Waals surface area contributed by atoms with Gasteiger partial charge in [-0.3, -0.25) is 9.48 Å². The molecular formula is C16H19BrN2O. The molecule has 0 aliphatic carbocycles. The van der Waals surface area contributed by atoms with Gasteiger partial charge in [0.25, 0.3) is 0 Å². The number of Topliss-reactive ketones (excluding diaryl/α,β-unsaturated/α-hetero) is 1. The van der Waals surface area contributed by atoms with Gasteiger partial charge >= 0.3 is 0 Å². The zero-order valence-electron chi connectivity index (χ0n) is 12.1. The van der Waals surface area contributed by atoms with Crippen molar-refractivity contribution in [2.24, 2.45) is 7.05 Å². The molecule has 0 aliphatic heterocycles. The summed E-state index contributed by atoms with van der Waals surface area (Å²) in [5.74, 6) is 0.246. The highest BCUT2D eigenvalue weighted by Crippen LogP contribution is 2.21. The van der Waals surface area contributed by atoms with Gasteiger partial charge in [-0.05, 0) is 41.8 Å². The third-order valence-corrected chi connectivity index (χ3v) is 4.43. The van der Waals surface area contributed by atoms with Gasteiger partial charge in [-0.25, -0.2) is 0 Å². The highest BCUT2D eigenvalue weighted by atomic mass is 79.9. The van der Waals surface area contributed by atoms with Crippen LogP contribution in [0.3, 0.4) is 0 Å². The van der Waals surface area contributed by atoms with Crippen LogP contribution in [0.15, 0.2) is 28.7 Å². The van der Waals surface area contributed by atoms with E-state index in [2.05, 4.69) is 46.2 Å². The standard InChI is InChI=1S/C16H19BrN2O/c1-11-5-4-6-13(9-11)7-8-14(20)10-15-16(17)12(2)18-19(15)3/h4-6,9H,7-8,10H2,1-3H3. The summed E-state index contributed by atoms with van der Waals surface area (Å²) in [6, 6.07) is 8.32. The van der Waals surface area contributed by atoms with Gasteiger partial charge in [-0.15, -0.1) is 0 Å². The molecule has 20 heavy (non-hydrogen) atoms. The molecule has 0 radical (unpaired) electrons. The molecule has 106 valence electrons.